The fourth-order valence-corrected chi connectivity index (χ4v) is 8.77. The van der Waals surface area contributed by atoms with Crippen LogP contribution in [0.3, 0.4) is 0 Å². The molecule has 2 unspecified atom stereocenters. The second kappa shape index (κ2) is 9.56. The third kappa shape index (κ3) is 4.05. The van der Waals surface area contributed by atoms with Gasteiger partial charge < -0.3 is 5.11 Å². The number of fused-ring (bicyclic) bond motifs is 5. The number of halogens is 9. The monoisotopic (exact) mass is 610 g/mol. The summed E-state index contributed by atoms with van der Waals surface area (Å²) in [6.07, 6.45) is -5.69. The number of benzene rings is 1. The molecule has 5 rings (SSSR count). The summed E-state index contributed by atoms with van der Waals surface area (Å²) in [6.45, 7) is 2.44. The van der Waals surface area contributed by atoms with Gasteiger partial charge in [-0.1, -0.05) is 36.8 Å². The Balaban J connectivity index is 1.63. The van der Waals surface area contributed by atoms with E-state index in [0.29, 0.717) is 30.4 Å². The topological polar surface area (TPSA) is 54.4 Å². The molecule has 0 heterocycles. The van der Waals surface area contributed by atoms with Gasteiger partial charge >= 0.3 is 23.9 Å². The molecule has 3 nitrogen and oxygen atoms in total. The highest BCUT2D eigenvalue weighted by molar-refractivity contribution is 5.94. The van der Waals surface area contributed by atoms with Gasteiger partial charge in [0.05, 0.1) is 0 Å². The van der Waals surface area contributed by atoms with Crippen LogP contribution in [0.1, 0.15) is 80.6 Å². The number of rotatable bonds is 5. The molecule has 0 spiro atoms. The summed E-state index contributed by atoms with van der Waals surface area (Å²) in [4.78, 5) is 24.0. The maximum Gasteiger partial charge on any atom is 0.460 e. The molecule has 0 saturated heterocycles. The Bertz CT molecular complexity index is 1300. The van der Waals surface area contributed by atoms with Crippen molar-refractivity contribution in [2.24, 2.45) is 29.1 Å². The van der Waals surface area contributed by atoms with Crippen molar-refractivity contribution in [3.63, 3.8) is 0 Å². The lowest BCUT2D eigenvalue weighted by atomic mass is 9.46. The second-order valence-corrected chi connectivity index (χ2v) is 12.7. The summed E-state index contributed by atoms with van der Waals surface area (Å²) >= 11 is 0. The van der Waals surface area contributed by atoms with Crippen molar-refractivity contribution in [2.45, 2.75) is 94.3 Å². The Morgan fingerprint density at radius 3 is 2.07 bits per heavy atom. The van der Waals surface area contributed by atoms with Gasteiger partial charge in [0.1, 0.15) is 5.60 Å². The van der Waals surface area contributed by atoms with Crippen LogP contribution in [0, 0.1) is 29.1 Å². The van der Waals surface area contributed by atoms with Crippen molar-refractivity contribution in [3.8, 4) is 0 Å². The molecule has 0 bridgehead atoms. The Hall–Kier alpha value is -2.37. The molecule has 4 aliphatic rings. The van der Waals surface area contributed by atoms with Gasteiger partial charge in [-0.15, -0.1) is 0 Å². The van der Waals surface area contributed by atoms with Gasteiger partial charge in [0, 0.05) is 17.4 Å². The molecule has 7 atom stereocenters. The largest absolute Gasteiger partial charge is 0.460 e. The molecule has 0 amide bonds. The van der Waals surface area contributed by atoms with E-state index in [4.69, 9.17) is 0 Å². The van der Waals surface area contributed by atoms with E-state index in [1.807, 2.05) is 0 Å². The molecule has 4 aliphatic carbocycles. The molecule has 42 heavy (non-hydrogen) atoms. The number of aliphatic hydroxyl groups is 1. The van der Waals surface area contributed by atoms with Gasteiger partial charge in [0.15, 0.2) is 11.6 Å². The maximum absolute atomic E-state index is 15.7. The van der Waals surface area contributed by atoms with Crippen molar-refractivity contribution >= 4 is 11.6 Å². The number of carbonyl (C=O) groups excluding carboxylic acids is 2. The zero-order valence-electron chi connectivity index (χ0n) is 22.9. The third-order valence-electron chi connectivity index (χ3n) is 10.9. The molecule has 1 aromatic carbocycles. The van der Waals surface area contributed by atoms with Crippen LogP contribution >= 0.6 is 0 Å². The Morgan fingerprint density at radius 2 is 1.50 bits per heavy atom. The number of carbonyl (C=O) groups is 2. The van der Waals surface area contributed by atoms with Crippen LogP contribution in [0.5, 0.6) is 0 Å². The first-order chi connectivity index (χ1) is 19.2. The lowest BCUT2D eigenvalue weighted by Crippen LogP contribution is -2.72. The molecular weight excluding hydrogens is 579 g/mol. The highest BCUT2D eigenvalue weighted by atomic mass is 19.4. The van der Waals surface area contributed by atoms with Gasteiger partial charge in [-0.3, -0.25) is 9.59 Å². The van der Waals surface area contributed by atoms with Gasteiger partial charge in [-0.05, 0) is 86.7 Å². The summed E-state index contributed by atoms with van der Waals surface area (Å²) in [7, 11) is 0. The quantitative estimate of drug-likeness (QED) is 0.272. The van der Waals surface area contributed by atoms with Crippen molar-refractivity contribution < 1.29 is 54.2 Å². The lowest BCUT2D eigenvalue weighted by Gasteiger charge is -2.60. The Labute approximate surface area is 236 Å². The van der Waals surface area contributed by atoms with E-state index in [1.165, 1.54) is 19.1 Å². The minimum atomic E-state index is -7.11. The summed E-state index contributed by atoms with van der Waals surface area (Å²) in [5.74, 6) is -23.0. The van der Waals surface area contributed by atoms with Crippen LogP contribution in [0.25, 0.3) is 0 Å². The van der Waals surface area contributed by atoms with Gasteiger partial charge in [0.25, 0.3) is 0 Å². The van der Waals surface area contributed by atoms with E-state index in [0.717, 1.165) is 12.5 Å². The number of allylic oxidation sites excluding steroid dienone is 1. The summed E-state index contributed by atoms with van der Waals surface area (Å²) in [5, 5.41) is 11.4. The Kier molecular flexibility index (Phi) is 7.07. The number of Topliss-reactive ketones (excluding diaryl/α,β-unsaturated/α-hetero) is 1. The highest BCUT2D eigenvalue weighted by Crippen LogP contribution is 2.72. The molecular formula is C30H31F9O3. The van der Waals surface area contributed by atoms with Crippen LogP contribution in [0.4, 0.5) is 39.5 Å². The third-order valence-corrected chi connectivity index (χ3v) is 10.9. The first-order valence-electron chi connectivity index (χ1n) is 14.0. The smallest absolute Gasteiger partial charge is 0.383 e. The highest BCUT2D eigenvalue weighted by Gasteiger charge is 2.88. The molecule has 3 saturated carbocycles. The van der Waals surface area contributed by atoms with Crippen LogP contribution in [-0.4, -0.2) is 46.2 Å². The van der Waals surface area contributed by atoms with Crippen LogP contribution in [-0.2, 0) is 4.79 Å². The van der Waals surface area contributed by atoms with Crippen LogP contribution in [0.15, 0.2) is 35.9 Å². The fourth-order valence-electron chi connectivity index (χ4n) is 8.77. The van der Waals surface area contributed by atoms with Crippen LogP contribution < -0.4 is 0 Å². The van der Waals surface area contributed by atoms with E-state index in [-0.39, 0.29) is 36.2 Å². The molecule has 232 valence electrons. The molecule has 1 aromatic rings. The molecule has 0 radical (unpaired) electrons. The predicted molar refractivity (Wildman–Crippen MR) is 133 cm³/mol. The van der Waals surface area contributed by atoms with Crippen molar-refractivity contribution in [3.05, 3.63) is 47.0 Å². The summed E-state index contributed by atoms with van der Waals surface area (Å²) in [6, 6.07) is 6.20. The van der Waals surface area contributed by atoms with Crippen molar-refractivity contribution in [1.82, 2.24) is 0 Å². The summed E-state index contributed by atoms with van der Waals surface area (Å²) in [5.41, 5.74) is -4.28. The summed E-state index contributed by atoms with van der Waals surface area (Å²) < 4.78 is 128. The van der Waals surface area contributed by atoms with E-state index in [1.54, 1.807) is 18.2 Å². The Morgan fingerprint density at radius 1 is 0.881 bits per heavy atom. The first-order valence-corrected chi connectivity index (χ1v) is 14.0. The first kappa shape index (κ1) is 31.1. The van der Waals surface area contributed by atoms with Crippen LogP contribution in [0.2, 0.25) is 0 Å². The average molecular weight is 611 g/mol. The predicted octanol–water partition coefficient (Wildman–Crippen LogP) is 7.92. The van der Waals surface area contributed by atoms with E-state index in [9.17, 15) is 45.4 Å². The van der Waals surface area contributed by atoms with Gasteiger partial charge in [0.2, 0.25) is 0 Å². The number of hydrogen-bond acceptors (Lipinski definition) is 3. The number of alkyl halides is 9. The molecule has 0 aliphatic heterocycles. The fraction of sp³-hybridized carbons (Fsp3) is 0.667. The van der Waals surface area contributed by atoms with E-state index < -0.39 is 65.6 Å². The second-order valence-electron chi connectivity index (χ2n) is 12.7. The molecule has 0 aromatic heterocycles. The number of hydrogen-bond donors (Lipinski definition) is 1. The van der Waals surface area contributed by atoms with Crippen molar-refractivity contribution in [2.75, 3.05) is 0 Å². The molecule has 12 heteroatoms. The van der Waals surface area contributed by atoms with Gasteiger partial charge in [-0.25, -0.2) is 0 Å². The SMILES string of the molecule is CC(=O)c1ccc(C2C[C@@]3(C)[C@@H](CCC3(O)C(F)(F)C(F)(F)C(F)(F)C(F)(F)F)[C@@H]3CCC4=CC(=O)CC[C@@H]4[C@@H]23)cc1. The average Bonchev–Trinajstić information content (AvgIpc) is 3.18. The van der Waals surface area contributed by atoms with Crippen molar-refractivity contribution in [1.29, 1.82) is 0 Å². The molecule has 3 fully saturated rings. The number of ketones is 2. The minimum Gasteiger partial charge on any atom is -0.383 e. The van der Waals surface area contributed by atoms with E-state index >= 15 is 8.78 Å². The normalized spacial score (nSPS) is 35.7. The zero-order valence-corrected chi connectivity index (χ0v) is 22.9. The standard InChI is InChI=1S/C30H31F9O3/c1-15(40)16-3-5-17(6-4-16)22-14-25(2)23(21-9-7-18-13-19(41)8-10-20(18)24(21)22)11-12-26(25,42)27(31,32)28(33,34)29(35,36)30(37,38)39/h3-6,13,20-24,42H,7-12,14H2,1-2H3/t20-,21-,22?,23-,24+,25-,26?/m0/s1. The van der Waals surface area contributed by atoms with Gasteiger partial charge in [-0.2, -0.15) is 39.5 Å². The minimum absolute atomic E-state index is 0.0505. The molecule has 1 N–H and O–H groups in total. The lowest BCUT2D eigenvalue weighted by molar-refractivity contribution is -0.425. The maximum atomic E-state index is 15.7. The van der Waals surface area contributed by atoms with E-state index in [2.05, 4.69) is 0 Å². The zero-order chi connectivity index (χ0) is 31.3.